The fourth-order valence-electron chi connectivity index (χ4n) is 3.10. The van der Waals surface area contributed by atoms with Gasteiger partial charge in [0.15, 0.2) is 0 Å². The summed E-state index contributed by atoms with van der Waals surface area (Å²) in [5, 5.41) is 3.93. The molecule has 2 aromatic heterocycles. The molecule has 1 atom stereocenters. The van der Waals surface area contributed by atoms with Gasteiger partial charge in [-0.2, -0.15) is 0 Å². The highest BCUT2D eigenvalue weighted by Crippen LogP contribution is 2.27. The Balaban J connectivity index is 1.36. The zero-order chi connectivity index (χ0) is 16.5. The second kappa shape index (κ2) is 6.59. The van der Waals surface area contributed by atoms with Crippen LogP contribution in [-0.2, 0) is 6.54 Å². The first-order chi connectivity index (χ1) is 11.7. The quantitative estimate of drug-likeness (QED) is 0.760. The van der Waals surface area contributed by atoms with Crippen molar-refractivity contribution in [3.63, 3.8) is 0 Å². The normalized spacial score (nSPS) is 18.3. The summed E-state index contributed by atoms with van der Waals surface area (Å²) in [6.07, 6.45) is 2.60. The van der Waals surface area contributed by atoms with Crippen molar-refractivity contribution >= 4 is 39.1 Å². The molecule has 4 rings (SSSR count). The van der Waals surface area contributed by atoms with Gasteiger partial charge >= 0.3 is 0 Å². The van der Waals surface area contributed by atoms with Crippen LogP contribution in [0.25, 0.3) is 10.3 Å². The lowest BCUT2D eigenvalue weighted by atomic mass is 10.2. The molecule has 3 aromatic rings. The van der Waals surface area contributed by atoms with E-state index in [9.17, 15) is 4.79 Å². The number of nitrogens with zero attached hydrogens (tertiary/aromatic N) is 1. The monoisotopic (exact) mass is 360 g/mol. The van der Waals surface area contributed by atoms with E-state index in [-0.39, 0.29) is 11.9 Å². The van der Waals surface area contributed by atoms with Gasteiger partial charge in [0.25, 0.3) is 5.91 Å². The van der Waals surface area contributed by atoms with Gasteiger partial charge in [-0.3, -0.25) is 9.69 Å². The first kappa shape index (κ1) is 15.7. The molecule has 3 heterocycles. The first-order valence-corrected chi connectivity index (χ1v) is 9.12. The Bertz CT molecular complexity index is 844. The molecular weight excluding hydrogens is 344 g/mol. The predicted molar refractivity (Wildman–Crippen MR) is 96.7 cm³/mol. The Morgan fingerprint density at radius 2 is 2.25 bits per heavy atom. The molecule has 1 unspecified atom stereocenters. The van der Waals surface area contributed by atoms with E-state index >= 15 is 0 Å². The van der Waals surface area contributed by atoms with Crippen LogP contribution >= 0.6 is 22.9 Å². The van der Waals surface area contributed by atoms with Crippen LogP contribution in [-0.4, -0.2) is 29.9 Å². The molecule has 0 spiro atoms. The Labute approximate surface area is 149 Å². The van der Waals surface area contributed by atoms with Crippen molar-refractivity contribution in [3.05, 3.63) is 58.1 Å². The Morgan fingerprint density at radius 3 is 3.08 bits per heavy atom. The maximum atomic E-state index is 12.4. The number of fused-ring (bicyclic) bond motifs is 1. The third-order valence-electron chi connectivity index (χ3n) is 4.32. The highest BCUT2D eigenvalue weighted by molar-refractivity contribution is 7.20. The number of hydrogen-bond donors (Lipinski definition) is 1. The number of carbonyl (C=O) groups is 1. The van der Waals surface area contributed by atoms with Crippen LogP contribution in [0.1, 0.15) is 21.7 Å². The van der Waals surface area contributed by atoms with E-state index in [2.05, 4.69) is 16.3 Å². The second-order valence-electron chi connectivity index (χ2n) is 6.05. The number of carbonyl (C=O) groups excluding carboxylic acids is 1. The van der Waals surface area contributed by atoms with Crippen LogP contribution in [0.5, 0.6) is 0 Å². The summed E-state index contributed by atoms with van der Waals surface area (Å²) in [4.78, 5) is 15.4. The molecule has 4 nitrogen and oxygen atoms in total. The van der Waals surface area contributed by atoms with Gasteiger partial charge in [0.05, 0.1) is 15.8 Å². The van der Waals surface area contributed by atoms with Gasteiger partial charge in [-0.25, -0.2) is 0 Å². The van der Waals surface area contributed by atoms with Gasteiger partial charge in [0.2, 0.25) is 0 Å². The standard InChI is InChI=1S/C18H17ClN2O2S/c19-14-4-2-1-3-12(14)10-21-7-5-13(11-21)20-18(22)17-9-15-16(24-17)6-8-23-15/h1-4,6,8-9,13H,5,7,10-11H2,(H,20,22). The van der Waals surface area contributed by atoms with Crippen molar-refractivity contribution < 1.29 is 9.21 Å². The molecule has 24 heavy (non-hydrogen) atoms. The maximum absolute atomic E-state index is 12.4. The zero-order valence-corrected chi connectivity index (χ0v) is 14.6. The first-order valence-electron chi connectivity index (χ1n) is 7.93. The number of nitrogens with one attached hydrogen (secondary N) is 1. The second-order valence-corrected chi connectivity index (χ2v) is 7.54. The molecule has 1 N–H and O–H groups in total. The number of furan rings is 1. The van der Waals surface area contributed by atoms with E-state index in [1.54, 1.807) is 6.26 Å². The smallest absolute Gasteiger partial charge is 0.261 e. The van der Waals surface area contributed by atoms with Crippen molar-refractivity contribution in [2.45, 2.75) is 19.0 Å². The minimum Gasteiger partial charge on any atom is -0.463 e. The minimum atomic E-state index is -0.0176. The molecule has 124 valence electrons. The fourth-order valence-corrected chi connectivity index (χ4v) is 4.18. The van der Waals surface area contributed by atoms with Crippen LogP contribution in [0.15, 0.2) is 47.1 Å². The maximum Gasteiger partial charge on any atom is 0.261 e. The third kappa shape index (κ3) is 3.20. The zero-order valence-electron chi connectivity index (χ0n) is 13.0. The highest BCUT2D eigenvalue weighted by atomic mass is 35.5. The van der Waals surface area contributed by atoms with E-state index in [4.69, 9.17) is 16.0 Å². The van der Waals surface area contributed by atoms with Crippen LogP contribution < -0.4 is 5.32 Å². The molecule has 6 heteroatoms. The summed E-state index contributed by atoms with van der Waals surface area (Å²) < 4.78 is 6.33. The van der Waals surface area contributed by atoms with Crippen LogP contribution in [0.4, 0.5) is 0 Å². The Hall–Kier alpha value is -1.82. The SMILES string of the molecule is O=C(NC1CCN(Cc2ccccc2Cl)C1)c1cc2occc2s1. The molecule has 0 bridgehead atoms. The van der Waals surface area contributed by atoms with E-state index < -0.39 is 0 Å². The topological polar surface area (TPSA) is 45.5 Å². The van der Waals surface area contributed by atoms with Crippen LogP contribution in [0.2, 0.25) is 5.02 Å². The van der Waals surface area contributed by atoms with Gasteiger partial charge in [0, 0.05) is 36.8 Å². The summed E-state index contributed by atoms with van der Waals surface area (Å²) >= 11 is 7.69. The largest absolute Gasteiger partial charge is 0.463 e. The highest BCUT2D eigenvalue weighted by Gasteiger charge is 2.25. The lowest BCUT2D eigenvalue weighted by Gasteiger charge is -2.17. The summed E-state index contributed by atoms with van der Waals surface area (Å²) in [6.45, 7) is 2.62. The number of rotatable bonds is 4. The summed E-state index contributed by atoms with van der Waals surface area (Å²) in [7, 11) is 0. The number of halogens is 1. The van der Waals surface area contributed by atoms with Crippen molar-refractivity contribution in [1.82, 2.24) is 10.2 Å². The summed E-state index contributed by atoms with van der Waals surface area (Å²) in [6, 6.07) is 11.8. The molecule has 1 amide bonds. The molecule has 1 saturated heterocycles. The van der Waals surface area contributed by atoms with Crippen molar-refractivity contribution in [1.29, 1.82) is 0 Å². The molecule has 0 aliphatic carbocycles. The van der Waals surface area contributed by atoms with E-state index in [1.807, 2.05) is 30.3 Å². The van der Waals surface area contributed by atoms with Gasteiger partial charge in [-0.1, -0.05) is 29.8 Å². The molecule has 0 saturated carbocycles. The minimum absolute atomic E-state index is 0.0176. The molecule has 0 radical (unpaired) electrons. The molecular formula is C18H17ClN2O2S. The number of amides is 1. The van der Waals surface area contributed by atoms with Crippen LogP contribution in [0.3, 0.4) is 0 Å². The Kier molecular flexibility index (Phi) is 4.31. The number of hydrogen-bond acceptors (Lipinski definition) is 4. The molecule has 1 aliphatic heterocycles. The van der Waals surface area contributed by atoms with E-state index in [0.717, 1.165) is 46.9 Å². The van der Waals surface area contributed by atoms with Crippen molar-refractivity contribution in [2.75, 3.05) is 13.1 Å². The number of benzene rings is 1. The lowest BCUT2D eigenvalue weighted by Crippen LogP contribution is -2.36. The van der Waals surface area contributed by atoms with Gasteiger partial charge < -0.3 is 9.73 Å². The Morgan fingerprint density at radius 1 is 1.38 bits per heavy atom. The molecule has 1 aliphatic rings. The molecule has 1 fully saturated rings. The summed E-state index contributed by atoms with van der Waals surface area (Å²) in [5.74, 6) is -0.0176. The number of likely N-dealkylation sites (tertiary alicyclic amines) is 1. The van der Waals surface area contributed by atoms with E-state index in [0.29, 0.717) is 4.88 Å². The van der Waals surface area contributed by atoms with Gasteiger partial charge in [-0.05, 0) is 24.1 Å². The fraction of sp³-hybridized carbons (Fsp3) is 0.278. The molecule has 1 aromatic carbocycles. The average Bonchev–Trinajstić information content (AvgIpc) is 3.25. The van der Waals surface area contributed by atoms with Gasteiger partial charge in [-0.15, -0.1) is 11.3 Å². The number of thiophene rings is 1. The summed E-state index contributed by atoms with van der Waals surface area (Å²) in [5.41, 5.74) is 1.90. The van der Waals surface area contributed by atoms with Crippen molar-refractivity contribution in [3.8, 4) is 0 Å². The average molecular weight is 361 g/mol. The van der Waals surface area contributed by atoms with Gasteiger partial charge in [0.1, 0.15) is 5.58 Å². The van der Waals surface area contributed by atoms with Crippen LogP contribution in [0, 0.1) is 0 Å². The van der Waals surface area contributed by atoms with E-state index in [1.165, 1.54) is 11.3 Å². The third-order valence-corrected chi connectivity index (χ3v) is 5.77. The van der Waals surface area contributed by atoms with Crippen molar-refractivity contribution in [2.24, 2.45) is 0 Å². The lowest BCUT2D eigenvalue weighted by molar-refractivity contribution is 0.0941. The predicted octanol–water partition coefficient (Wildman–Crippen LogP) is 4.15.